The molecule has 2 rings (SSSR count). The van der Waals surface area contributed by atoms with Crippen LogP contribution in [0.5, 0.6) is 11.5 Å². The Bertz CT molecular complexity index is 635. The summed E-state index contributed by atoms with van der Waals surface area (Å²) in [5, 5.41) is 8.79. The minimum atomic E-state index is -1.06. The second-order valence-electron chi connectivity index (χ2n) is 3.43. The van der Waals surface area contributed by atoms with Crippen LogP contribution in [0.15, 0.2) is 36.4 Å². The maximum atomic E-state index is 12.9. The first-order chi connectivity index (χ1) is 8.60. The van der Waals surface area contributed by atoms with E-state index in [0.717, 1.165) is 24.3 Å². The van der Waals surface area contributed by atoms with E-state index in [1.54, 1.807) is 6.07 Å². The molecule has 0 atom stereocenters. The zero-order valence-corrected chi connectivity index (χ0v) is 8.95. The molecule has 0 saturated carbocycles. The smallest absolute Gasteiger partial charge is 0.162 e. The van der Waals surface area contributed by atoms with E-state index in [2.05, 4.69) is 0 Å². The fourth-order valence-corrected chi connectivity index (χ4v) is 1.35. The van der Waals surface area contributed by atoms with Crippen LogP contribution in [-0.4, -0.2) is 0 Å². The second-order valence-corrected chi connectivity index (χ2v) is 3.43. The predicted molar refractivity (Wildman–Crippen MR) is 57.5 cm³/mol. The molecule has 0 radical (unpaired) electrons. The second kappa shape index (κ2) is 4.80. The highest BCUT2D eigenvalue weighted by Crippen LogP contribution is 2.26. The van der Waals surface area contributed by atoms with Crippen molar-refractivity contribution in [1.82, 2.24) is 0 Å². The van der Waals surface area contributed by atoms with Crippen molar-refractivity contribution >= 4 is 0 Å². The molecule has 0 unspecified atom stereocenters. The SMILES string of the molecule is N#Cc1cc(F)ccc1Oc1ccc(F)c(F)c1. The molecule has 2 aromatic rings. The minimum absolute atomic E-state index is 0.0250. The van der Waals surface area contributed by atoms with Gasteiger partial charge in [-0.25, -0.2) is 13.2 Å². The summed E-state index contributed by atoms with van der Waals surface area (Å²) in [6.07, 6.45) is 0. The van der Waals surface area contributed by atoms with Crippen molar-refractivity contribution in [2.75, 3.05) is 0 Å². The lowest BCUT2D eigenvalue weighted by Crippen LogP contribution is -1.91. The van der Waals surface area contributed by atoms with E-state index >= 15 is 0 Å². The van der Waals surface area contributed by atoms with Gasteiger partial charge in [0.2, 0.25) is 0 Å². The molecule has 5 heteroatoms. The lowest BCUT2D eigenvalue weighted by Gasteiger charge is -2.07. The van der Waals surface area contributed by atoms with Crippen molar-refractivity contribution in [3.05, 3.63) is 59.4 Å². The summed E-state index contributed by atoms with van der Waals surface area (Å²) >= 11 is 0. The molecule has 0 aromatic heterocycles. The van der Waals surface area contributed by atoms with Gasteiger partial charge >= 0.3 is 0 Å². The number of rotatable bonds is 2. The van der Waals surface area contributed by atoms with Crippen molar-refractivity contribution in [2.45, 2.75) is 0 Å². The van der Waals surface area contributed by atoms with Crippen molar-refractivity contribution in [2.24, 2.45) is 0 Å². The van der Waals surface area contributed by atoms with Gasteiger partial charge in [-0.15, -0.1) is 0 Å². The van der Waals surface area contributed by atoms with Crippen molar-refractivity contribution in [1.29, 1.82) is 5.26 Å². The molecule has 0 heterocycles. The Morgan fingerprint density at radius 1 is 0.944 bits per heavy atom. The number of halogens is 3. The molecular weight excluding hydrogens is 243 g/mol. The molecule has 0 spiro atoms. The van der Waals surface area contributed by atoms with Gasteiger partial charge in [-0.3, -0.25) is 0 Å². The molecule has 18 heavy (non-hydrogen) atoms. The topological polar surface area (TPSA) is 33.0 Å². The Hall–Kier alpha value is -2.48. The molecule has 0 amide bonds. The fourth-order valence-electron chi connectivity index (χ4n) is 1.35. The van der Waals surface area contributed by atoms with Crippen molar-refractivity contribution in [3.63, 3.8) is 0 Å². The lowest BCUT2D eigenvalue weighted by atomic mass is 10.2. The van der Waals surface area contributed by atoms with E-state index in [-0.39, 0.29) is 17.1 Å². The number of benzene rings is 2. The molecule has 0 bridgehead atoms. The zero-order valence-electron chi connectivity index (χ0n) is 8.95. The third-order valence-corrected chi connectivity index (χ3v) is 2.18. The third kappa shape index (κ3) is 2.43. The normalized spacial score (nSPS) is 9.89. The molecular formula is C13H6F3NO. The van der Waals surface area contributed by atoms with Crippen LogP contribution in [0.4, 0.5) is 13.2 Å². The number of nitriles is 1. The van der Waals surface area contributed by atoms with Crippen molar-refractivity contribution in [3.8, 4) is 17.6 Å². The van der Waals surface area contributed by atoms with Crippen LogP contribution in [0.2, 0.25) is 0 Å². The summed E-state index contributed by atoms with van der Waals surface area (Å²) in [6.45, 7) is 0. The summed E-state index contributed by atoms with van der Waals surface area (Å²) in [7, 11) is 0. The highest BCUT2D eigenvalue weighted by atomic mass is 19.2. The summed E-state index contributed by atoms with van der Waals surface area (Å²) in [5.74, 6) is -2.54. The van der Waals surface area contributed by atoms with E-state index in [4.69, 9.17) is 10.00 Å². The van der Waals surface area contributed by atoms with Crippen LogP contribution in [0.3, 0.4) is 0 Å². The Kier molecular flexibility index (Phi) is 3.20. The maximum absolute atomic E-state index is 12.9. The summed E-state index contributed by atoms with van der Waals surface area (Å²) in [4.78, 5) is 0. The van der Waals surface area contributed by atoms with E-state index in [9.17, 15) is 13.2 Å². The first-order valence-electron chi connectivity index (χ1n) is 4.92. The highest BCUT2D eigenvalue weighted by molar-refractivity contribution is 5.45. The van der Waals surface area contributed by atoms with Crippen LogP contribution in [0.1, 0.15) is 5.56 Å². The average Bonchev–Trinajstić information content (AvgIpc) is 2.36. The summed E-state index contributed by atoms with van der Waals surface area (Å²) in [6, 6.07) is 8.06. The van der Waals surface area contributed by atoms with Gasteiger partial charge in [0.15, 0.2) is 11.6 Å². The molecule has 90 valence electrons. The fraction of sp³-hybridized carbons (Fsp3) is 0. The van der Waals surface area contributed by atoms with E-state index in [0.29, 0.717) is 0 Å². The van der Waals surface area contributed by atoms with Gasteiger partial charge in [0.25, 0.3) is 0 Å². The number of hydrogen-bond acceptors (Lipinski definition) is 2. The average molecular weight is 249 g/mol. The van der Waals surface area contributed by atoms with Gasteiger partial charge in [0, 0.05) is 6.07 Å². The Labute approximate surface area is 101 Å². The molecule has 0 aliphatic rings. The standard InChI is InChI=1S/C13H6F3NO/c14-9-1-4-13(8(5-9)7-17)18-10-2-3-11(15)12(16)6-10/h1-6H. The number of nitrogens with zero attached hydrogens (tertiary/aromatic N) is 1. The van der Waals surface area contributed by atoms with Crippen LogP contribution >= 0.6 is 0 Å². The van der Waals surface area contributed by atoms with Gasteiger partial charge in [-0.05, 0) is 30.3 Å². The highest BCUT2D eigenvalue weighted by Gasteiger charge is 2.08. The largest absolute Gasteiger partial charge is 0.456 e. The molecule has 0 fully saturated rings. The summed E-state index contributed by atoms with van der Waals surface area (Å²) in [5.41, 5.74) is -0.0280. The van der Waals surface area contributed by atoms with Gasteiger partial charge in [0.05, 0.1) is 5.56 Å². The number of hydrogen-bond donors (Lipinski definition) is 0. The third-order valence-electron chi connectivity index (χ3n) is 2.18. The first-order valence-corrected chi connectivity index (χ1v) is 4.92. The molecule has 2 nitrogen and oxygen atoms in total. The van der Waals surface area contributed by atoms with Gasteiger partial charge in [0.1, 0.15) is 23.4 Å². The van der Waals surface area contributed by atoms with Gasteiger partial charge in [-0.2, -0.15) is 5.26 Å². The molecule has 0 aliphatic heterocycles. The molecule has 0 saturated heterocycles. The van der Waals surface area contributed by atoms with E-state index < -0.39 is 17.5 Å². The number of ether oxygens (including phenoxy) is 1. The molecule has 0 aliphatic carbocycles. The van der Waals surface area contributed by atoms with E-state index in [1.807, 2.05) is 0 Å². The molecule has 0 N–H and O–H groups in total. The summed E-state index contributed by atoms with van der Waals surface area (Å²) < 4.78 is 43.7. The Morgan fingerprint density at radius 2 is 1.72 bits per heavy atom. The van der Waals surface area contributed by atoms with Crippen LogP contribution in [-0.2, 0) is 0 Å². The van der Waals surface area contributed by atoms with Crippen LogP contribution in [0.25, 0.3) is 0 Å². The zero-order chi connectivity index (χ0) is 13.1. The van der Waals surface area contributed by atoms with E-state index in [1.165, 1.54) is 12.1 Å². The maximum Gasteiger partial charge on any atom is 0.162 e. The first kappa shape index (κ1) is 12.0. The van der Waals surface area contributed by atoms with Crippen molar-refractivity contribution < 1.29 is 17.9 Å². The Balaban J connectivity index is 2.34. The minimum Gasteiger partial charge on any atom is -0.456 e. The molecule has 2 aromatic carbocycles. The van der Waals surface area contributed by atoms with Gasteiger partial charge in [-0.1, -0.05) is 0 Å². The monoisotopic (exact) mass is 249 g/mol. The lowest BCUT2D eigenvalue weighted by molar-refractivity contribution is 0.459. The Morgan fingerprint density at radius 3 is 2.39 bits per heavy atom. The van der Waals surface area contributed by atoms with Crippen LogP contribution < -0.4 is 4.74 Å². The van der Waals surface area contributed by atoms with Crippen LogP contribution in [0, 0.1) is 28.8 Å². The van der Waals surface area contributed by atoms with Gasteiger partial charge < -0.3 is 4.74 Å². The quantitative estimate of drug-likeness (QED) is 0.811. The predicted octanol–water partition coefficient (Wildman–Crippen LogP) is 3.77.